The minimum absolute atomic E-state index is 0.267. The van der Waals surface area contributed by atoms with Crippen molar-refractivity contribution >= 4 is 22.5 Å². The Bertz CT molecular complexity index is 827. The number of carbonyl (C=O) groups excluding carboxylic acids is 1. The molecule has 4 nitrogen and oxygen atoms in total. The number of anilines is 1. The third kappa shape index (κ3) is 2.13. The number of carbonyl (C=O) groups is 1. The van der Waals surface area contributed by atoms with Crippen molar-refractivity contribution in [2.24, 2.45) is 0 Å². The summed E-state index contributed by atoms with van der Waals surface area (Å²) >= 11 is 0. The Morgan fingerprint density at radius 2 is 2.05 bits per heavy atom. The molecule has 1 heterocycles. The van der Waals surface area contributed by atoms with E-state index in [2.05, 4.69) is 21.4 Å². The van der Waals surface area contributed by atoms with Crippen LogP contribution in [0.2, 0.25) is 0 Å². The van der Waals surface area contributed by atoms with Crippen LogP contribution in [0, 0.1) is 12.3 Å². The second-order valence-electron chi connectivity index (χ2n) is 4.30. The van der Waals surface area contributed by atoms with Crippen LogP contribution in [-0.2, 0) is 0 Å². The average Bonchev–Trinajstić information content (AvgIpc) is 2.91. The number of aromatic nitrogens is 2. The number of benzene rings is 2. The summed E-state index contributed by atoms with van der Waals surface area (Å²) in [6.07, 6.45) is 5.34. The molecule has 20 heavy (non-hydrogen) atoms. The highest BCUT2D eigenvalue weighted by Crippen LogP contribution is 2.17. The Hall–Kier alpha value is -3.06. The van der Waals surface area contributed by atoms with Gasteiger partial charge in [-0.25, -0.2) is 0 Å². The highest BCUT2D eigenvalue weighted by Gasteiger charge is 2.13. The summed E-state index contributed by atoms with van der Waals surface area (Å²) in [4.78, 5) is 12.2. The van der Waals surface area contributed by atoms with Crippen molar-refractivity contribution in [3.05, 3.63) is 59.8 Å². The van der Waals surface area contributed by atoms with Gasteiger partial charge in [-0.1, -0.05) is 30.2 Å². The van der Waals surface area contributed by atoms with E-state index in [9.17, 15) is 4.79 Å². The first-order valence-electron chi connectivity index (χ1n) is 6.09. The Morgan fingerprint density at radius 3 is 2.90 bits per heavy atom. The lowest BCUT2D eigenvalue weighted by atomic mass is 10.2. The van der Waals surface area contributed by atoms with Gasteiger partial charge in [0, 0.05) is 16.6 Å². The van der Waals surface area contributed by atoms with Crippen molar-refractivity contribution in [3.63, 3.8) is 0 Å². The van der Waals surface area contributed by atoms with Crippen molar-refractivity contribution in [1.82, 2.24) is 10.2 Å². The van der Waals surface area contributed by atoms with Crippen molar-refractivity contribution in [2.45, 2.75) is 0 Å². The van der Waals surface area contributed by atoms with Crippen LogP contribution in [0.5, 0.6) is 0 Å². The van der Waals surface area contributed by atoms with Gasteiger partial charge in [0.05, 0.1) is 5.52 Å². The largest absolute Gasteiger partial charge is 0.321 e. The van der Waals surface area contributed by atoms with Crippen LogP contribution in [0.25, 0.3) is 10.9 Å². The van der Waals surface area contributed by atoms with E-state index in [1.165, 1.54) is 0 Å². The molecule has 0 fully saturated rings. The third-order valence-electron chi connectivity index (χ3n) is 2.97. The normalized spacial score (nSPS) is 10.2. The first kappa shape index (κ1) is 12.0. The molecule has 3 rings (SSSR count). The molecule has 2 aromatic carbocycles. The number of rotatable bonds is 2. The fourth-order valence-corrected chi connectivity index (χ4v) is 2.01. The lowest BCUT2D eigenvalue weighted by Gasteiger charge is -2.03. The fraction of sp³-hybridized carbons (Fsp3) is 0. The molecule has 4 heteroatoms. The van der Waals surface area contributed by atoms with Gasteiger partial charge in [-0.15, -0.1) is 6.42 Å². The minimum Gasteiger partial charge on any atom is -0.321 e. The molecule has 3 aromatic rings. The van der Waals surface area contributed by atoms with Gasteiger partial charge in [-0.2, -0.15) is 5.10 Å². The summed E-state index contributed by atoms with van der Waals surface area (Å²) in [6, 6.07) is 14.6. The third-order valence-corrected chi connectivity index (χ3v) is 2.97. The summed E-state index contributed by atoms with van der Waals surface area (Å²) in [6.45, 7) is 0. The highest BCUT2D eigenvalue weighted by atomic mass is 16.1. The average molecular weight is 261 g/mol. The van der Waals surface area contributed by atoms with Crippen LogP contribution in [0.15, 0.2) is 48.5 Å². The zero-order valence-electron chi connectivity index (χ0n) is 10.6. The van der Waals surface area contributed by atoms with Crippen LogP contribution in [0.4, 0.5) is 5.69 Å². The van der Waals surface area contributed by atoms with Gasteiger partial charge in [-0.05, 0) is 24.3 Å². The fourth-order valence-electron chi connectivity index (χ4n) is 2.01. The molecule has 0 aliphatic carbocycles. The summed E-state index contributed by atoms with van der Waals surface area (Å²) in [5.41, 5.74) is 2.56. The number of aromatic amines is 1. The zero-order chi connectivity index (χ0) is 13.9. The van der Waals surface area contributed by atoms with Gasteiger partial charge >= 0.3 is 0 Å². The molecule has 0 aliphatic heterocycles. The number of amides is 1. The van der Waals surface area contributed by atoms with Crippen LogP contribution in [-0.4, -0.2) is 16.1 Å². The van der Waals surface area contributed by atoms with Gasteiger partial charge < -0.3 is 5.32 Å². The molecule has 1 amide bonds. The SMILES string of the molecule is C#Cc1cccc(NC(=O)c2n[nH]c3ccccc23)c1. The maximum Gasteiger partial charge on any atom is 0.276 e. The first-order valence-corrected chi connectivity index (χ1v) is 6.09. The minimum atomic E-state index is -0.267. The van der Waals surface area contributed by atoms with E-state index in [0.717, 1.165) is 16.5 Å². The van der Waals surface area contributed by atoms with E-state index in [-0.39, 0.29) is 5.91 Å². The Kier molecular flexibility index (Phi) is 2.94. The molecule has 0 radical (unpaired) electrons. The number of hydrogen-bond acceptors (Lipinski definition) is 2. The van der Waals surface area contributed by atoms with Crippen molar-refractivity contribution in [1.29, 1.82) is 0 Å². The van der Waals surface area contributed by atoms with Gasteiger partial charge in [0.15, 0.2) is 5.69 Å². The molecule has 0 unspecified atom stereocenters. The number of terminal acetylenes is 1. The van der Waals surface area contributed by atoms with Crippen molar-refractivity contribution < 1.29 is 4.79 Å². The number of nitrogens with zero attached hydrogens (tertiary/aromatic N) is 1. The Labute approximate surface area is 115 Å². The molecule has 1 aromatic heterocycles. The predicted molar refractivity (Wildman–Crippen MR) is 78.4 cm³/mol. The summed E-state index contributed by atoms with van der Waals surface area (Å²) in [5, 5.41) is 10.5. The standard InChI is InChI=1S/C16H11N3O/c1-2-11-6-5-7-12(10-11)17-16(20)15-13-8-3-4-9-14(13)18-19-15/h1,3-10H,(H,17,20)(H,18,19). The number of fused-ring (bicyclic) bond motifs is 1. The molecule has 0 aliphatic rings. The highest BCUT2D eigenvalue weighted by molar-refractivity contribution is 6.11. The maximum absolute atomic E-state index is 12.2. The van der Waals surface area contributed by atoms with Crippen molar-refractivity contribution in [2.75, 3.05) is 5.32 Å². The lowest BCUT2D eigenvalue weighted by Crippen LogP contribution is -2.12. The predicted octanol–water partition coefficient (Wildman–Crippen LogP) is 2.80. The van der Waals surface area contributed by atoms with E-state index >= 15 is 0 Å². The second kappa shape index (κ2) is 4.90. The second-order valence-corrected chi connectivity index (χ2v) is 4.30. The van der Waals surface area contributed by atoms with E-state index in [1.807, 2.05) is 24.3 Å². The van der Waals surface area contributed by atoms with E-state index in [4.69, 9.17) is 6.42 Å². The molecule has 0 bridgehead atoms. The monoisotopic (exact) mass is 261 g/mol. The summed E-state index contributed by atoms with van der Waals surface area (Å²) in [5.74, 6) is 2.26. The first-order chi connectivity index (χ1) is 9.78. The van der Waals surface area contributed by atoms with Gasteiger partial charge in [0.25, 0.3) is 5.91 Å². The van der Waals surface area contributed by atoms with Crippen LogP contribution >= 0.6 is 0 Å². The molecular weight excluding hydrogens is 250 g/mol. The molecular formula is C16H11N3O. The lowest BCUT2D eigenvalue weighted by molar-refractivity contribution is 0.102. The Balaban J connectivity index is 1.91. The van der Waals surface area contributed by atoms with E-state index in [1.54, 1.807) is 24.3 Å². The van der Waals surface area contributed by atoms with Gasteiger partial charge in [0.2, 0.25) is 0 Å². The molecule has 0 spiro atoms. The number of nitrogens with one attached hydrogen (secondary N) is 2. The summed E-state index contributed by atoms with van der Waals surface area (Å²) < 4.78 is 0. The van der Waals surface area contributed by atoms with Gasteiger partial charge in [-0.3, -0.25) is 9.89 Å². The topological polar surface area (TPSA) is 57.8 Å². The van der Waals surface area contributed by atoms with Gasteiger partial charge in [0.1, 0.15) is 0 Å². The quantitative estimate of drug-likeness (QED) is 0.697. The molecule has 0 saturated heterocycles. The number of hydrogen-bond donors (Lipinski definition) is 2. The maximum atomic E-state index is 12.2. The van der Waals surface area contributed by atoms with Crippen LogP contribution in [0.3, 0.4) is 0 Å². The van der Waals surface area contributed by atoms with Crippen molar-refractivity contribution in [3.8, 4) is 12.3 Å². The van der Waals surface area contributed by atoms with Crippen LogP contribution in [0.1, 0.15) is 16.1 Å². The molecule has 96 valence electrons. The van der Waals surface area contributed by atoms with E-state index < -0.39 is 0 Å². The van der Waals surface area contributed by atoms with Crippen LogP contribution < -0.4 is 5.32 Å². The summed E-state index contributed by atoms with van der Waals surface area (Å²) in [7, 11) is 0. The smallest absolute Gasteiger partial charge is 0.276 e. The van der Waals surface area contributed by atoms with E-state index in [0.29, 0.717) is 11.4 Å². The number of para-hydroxylation sites is 1. The molecule has 0 atom stereocenters. The Morgan fingerprint density at radius 1 is 1.20 bits per heavy atom. The zero-order valence-corrected chi connectivity index (χ0v) is 10.6. The number of H-pyrrole nitrogens is 1. The molecule has 0 saturated carbocycles. The molecule has 2 N–H and O–H groups in total.